The summed E-state index contributed by atoms with van der Waals surface area (Å²) in [6.07, 6.45) is 3.52. The summed E-state index contributed by atoms with van der Waals surface area (Å²) in [4.78, 5) is 12.1. The average molecular weight is 349 g/mol. The van der Waals surface area contributed by atoms with E-state index in [0.717, 1.165) is 18.4 Å². The Morgan fingerprint density at radius 2 is 1.92 bits per heavy atom. The van der Waals surface area contributed by atoms with Gasteiger partial charge in [-0.2, -0.15) is 0 Å². The number of aryl methyl sites for hydroxylation is 1. The van der Waals surface area contributed by atoms with Gasteiger partial charge in [0.25, 0.3) is 0 Å². The zero-order valence-corrected chi connectivity index (χ0v) is 14.8. The van der Waals surface area contributed by atoms with Crippen molar-refractivity contribution in [2.75, 3.05) is 6.54 Å². The number of hydrogen-bond acceptors (Lipinski definition) is 4. The van der Waals surface area contributed by atoms with Crippen LogP contribution in [0.1, 0.15) is 42.8 Å². The zero-order chi connectivity index (χ0) is 17.6. The van der Waals surface area contributed by atoms with Crippen molar-refractivity contribution in [1.82, 2.24) is 5.32 Å². The minimum absolute atomic E-state index is 0.00767. The lowest BCUT2D eigenvalue weighted by Gasteiger charge is -2.17. The third-order valence-electron chi connectivity index (χ3n) is 3.83. The summed E-state index contributed by atoms with van der Waals surface area (Å²) < 4.78 is 31.2. The number of sulfone groups is 1. The van der Waals surface area contributed by atoms with E-state index in [0.29, 0.717) is 12.2 Å². The third-order valence-corrected chi connectivity index (χ3v) is 5.90. The lowest BCUT2D eigenvalue weighted by atomic mass is 10.2. The van der Waals surface area contributed by atoms with Gasteiger partial charge < -0.3 is 9.73 Å². The highest BCUT2D eigenvalue weighted by Crippen LogP contribution is 2.29. The lowest BCUT2D eigenvalue weighted by Crippen LogP contribution is -2.31. The van der Waals surface area contributed by atoms with E-state index in [1.165, 1.54) is 6.26 Å². The van der Waals surface area contributed by atoms with Gasteiger partial charge in [0.1, 0.15) is 11.0 Å². The first-order valence-electron chi connectivity index (χ1n) is 8.05. The van der Waals surface area contributed by atoms with E-state index in [9.17, 15) is 13.2 Å². The van der Waals surface area contributed by atoms with Gasteiger partial charge in [-0.1, -0.05) is 31.0 Å². The molecule has 0 saturated heterocycles. The summed E-state index contributed by atoms with van der Waals surface area (Å²) in [7, 11) is -3.67. The molecule has 0 aliphatic rings. The predicted octanol–water partition coefficient (Wildman–Crippen LogP) is 3.41. The highest BCUT2D eigenvalue weighted by atomic mass is 32.2. The number of benzene rings is 1. The van der Waals surface area contributed by atoms with Gasteiger partial charge in [0.2, 0.25) is 5.91 Å². The van der Waals surface area contributed by atoms with Crippen molar-refractivity contribution < 1.29 is 17.6 Å². The van der Waals surface area contributed by atoms with E-state index in [1.807, 2.05) is 13.8 Å². The van der Waals surface area contributed by atoms with E-state index in [1.54, 1.807) is 36.4 Å². The van der Waals surface area contributed by atoms with E-state index in [4.69, 9.17) is 4.42 Å². The van der Waals surface area contributed by atoms with E-state index in [-0.39, 0.29) is 17.3 Å². The van der Waals surface area contributed by atoms with Crippen molar-refractivity contribution >= 4 is 15.7 Å². The van der Waals surface area contributed by atoms with Gasteiger partial charge in [-0.25, -0.2) is 8.42 Å². The molecule has 2 rings (SSSR count). The highest BCUT2D eigenvalue weighted by Gasteiger charge is 2.31. The SMILES string of the molecule is CCCCC(=O)NCC(c1ccco1)S(=O)(=O)c1ccc(C)cc1. The largest absolute Gasteiger partial charge is 0.468 e. The number of nitrogens with one attached hydrogen (secondary N) is 1. The first-order chi connectivity index (χ1) is 11.4. The van der Waals surface area contributed by atoms with Gasteiger partial charge in [-0.05, 0) is 37.6 Å². The van der Waals surface area contributed by atoms with Crippen molar-refractivity contribution in [2.45, 2.75) is 43.3 Å². The van der Waals surface area contributed by atoms with Crippen molar-refractivity contribution in [3.63, 3.8) is 0 Å². The van der Waals surface area contributed by atoms with Crippen LogP contribution < -0.4 is 5.32 Å². The monoisotopic (exact) mass is 349 g/mol. The molecule has 0 bridgehead atoms. The maximum Gasteiger partial charge on any atom is 0.220 e. The van der Waals surface area contributed by atoms with Gasteiger partial charge in [0, 0.05) is 13.0 Å². The smallest absolute Gasteiger partial charge is 0.220 e. The molecule has 0 aliphatic carbocycles. The Kier molecular flexibility index (Phi) is 6.20. The number of carbonyl (C=O) groups excluding carboxylic acids is 1. The van der Waals surface area contributed by atoms with Crippen LogP contribution in [0.5, 0.6) is 0 Å². The molecule has 1 N–H and O–H groups in total. The normalized spacial score (nSPS) is 12.8. The number of rotatable bonds is 8. The molecular formula is C18H23NO4S. The van der Waals surface area contributed by atoms with Crippen molar-refractivity contribution in [3.05, 3.63) is 54.0 Å². The van der Waals surface area contributed by atoms with Crippen LogP contribution in [-0.4, -0.2) is 20.9 Å². The number of amides is 1. The highest BCUT2D eigenvalue weighted by molar-refractivity contribution is 7.91. The first kappa shape index (κ1) is 18.3. The molecule has 0 aliphatic heterocycles. The summed E-state index contributed by atoms with van der Waals surface area (Å²) in [5, 5.41) is 1.77. The molecule has 1 atom stereocenters. The van der Waals surface area contributed by atoms with Crippen LogP contribution in [0.25, 0.3) is 0 Å². The van der Waals surface area contributed by atoms with Crippen molar-refractivity contribution in [3.8, 4) is 0 Å². The van der Waals surface area contributed by atoms with Crippen LogP contribution in [0, 0.1) is 6.92 Å². The summed E-state index contributed by atoms with van der Waals surface area (Å²) in [6, 6.07) is 9.94. The summed E-state index contributed by atoms with van der Waals surface area (Å²) in [6.45, 7) is 3.89. The van der Waals surface area contributed by atoms with E-state index < -0.39 is 15.1 Å². The van der Waals surface area contributed by atoms with Crippen LogP contribution in [0.15, 0.2) is 52.0 Å². The molecule has 5 nitrogen and oxygen atoms in total. The number of hydrogen-bond donors (Lipinski definition) is 1. The standard InChI is InChI=1S/C18H23NO4S/c1-3-4-7-18(20)19-13-17(16-6-5-12-23-16)24(21,22)15-10-8-14(2)9-11-15/h5-6,8-12,17H,3-4,7,13H2,1-2H3,(H,19,20). The van der Waals surface area contributed by atoms with E-state index >= 15 is 0 Å². The Hall–Kier alpha value is -2.08. The predicted molar refractivity (Wildman–Crippen MR) is 92.3 cm³/mol. The number of furan rings is 1. The fourth-order valence-electron chi connectivity index (χ4n) is 2.36. The second-order valence-electron chi connectivity index (χ2n) is 5.77. The maximum atomic E-state index is 13.0. The molecule has 1 aromatic carbocycles. The Bertz CT molecular complexity index is 749. The molecule has 1 heterocycles. The fraction of sp³-hybridized carbons (Fsp3) is 0.389. The Labute approximate surface area is 143 Å². The Morgan fingerprint density at radius 3 is 2.50 bits per heavy atom. The molecule has 1 aromatic heterocycles. The fourth-order valence-corrected chi connectivity index (χ4v) is 3.95. The first-order valence-corrected chi connectivity index (χ1v) is 9.60. The Balaban J connectivity index is 2.23. The number of carbonyl (C=O) groups is 1. The Morgan fingerprint density at radius 1 is 1.21 bits per heavy atom. The van der Waals surface area contributed by atoms with E-state index in [2.05, 4.69) is 5.32 Å². The molecule has 2 aromatic rings. The molecule has 24 heavy (non-hydrogen) atoms. The average Bonchev–Trinajstić information content (AvgIpc) is 3.07. The molecule has 0 radical (unpaired) electrons. The molecule has 0 saturated carbocycles. The minimum atomic E-state index is -3.67. The second kappa shape index (κ2) is 8.15. The van der Waals surface area contributed by atoms with Gasteiger partial charge in [-0.3, -0.25) is 4.79 Å². The molecule has 0 spiro atoms. The summed E-state index contributed by atoms with van der Waals surface area (Å²) in [5.41, 5.74) is 0.983. The summed E-state index contributed by atoms with van der Waals surface area (Å²) >= 11 is 0. The van der Waals surface area contributed by atoms with Crippen molar-refractivity contribution in [1.29, 1.82) is 0 Å². The molecule has 0 fully saturated rings. The van der Waals surface area contributed by atoms with Crippen LogP contribution in [0.3, 0.4) is 0 Å². The third kappa shape index (κ3) is 4.47. The summed E-state index contributed by atoms with van der Waals surface area (Å²) in [5.74, 6) is 0.180. The quantitative estimate of drug-likeness (QED) is 0.792. The van der Waals surface area contributed by atoms with Gasteiger partial charge >= 0.3 is 0 Å². The number of unbranched alkanes of at least 4 members (excludes halogenated alkanes) is 1. The van der Waals surface area contributed by atoms with Gasteiger partial charge in [-0.15, -0.1) is 0 Å². The molecule has 1 unspecified atom stereocenters. The van der Waals surface area contributed by atoms with Gasteiger partial charge in [0.15, 0.2) is 9.84 Å². The molecule has 130 valence electrons. The maximum absolute atomic E-state index is 13.0. The zero-order valence-electron chi connectivity index (χ0n) is 14.0. The van der Waals surface area contributed by atoms with Gasteiger partial charge in [0.05, 0.1) is 11.2 Å². The van der Waals surface area contributed by atoms with Crippen molar-refractivity contribution in [2.24, 2.45) is 0 Å². The van der Waals surface area contributed by atoms with Crippen LogP contribution in [-0.2, 0) is 14.6 Å². The molecule has 6 heteroatoms. The second-order valence-corrected chi connectivity index (χ2v) is 7.90. The topological polar surface area (TPSA) is 76.4 Å². The lowest BCUT2D eigenvalue weighted by molar-refractivity contribution is -0.121. The van der Waals surface area contributed by atoms with Crippen LogP contribution >= 0.6 is 0 Å². The molecular weight excluding hydrogens is 326 g/mol. The van der Waals surface area contributed by atoms with Crippen LogP contribution in [0.2, 0.25) is 0 Å². The minimum Gasteiger partial charge on any atom is -0.468 e. The molecule has 1 amide bonds. The van der Waals surface area contributed by atoms with Crippen LogP contribution in [0.4, 0.5) is 0 Å².